The Hall–Kier alpha value is -0.610. The Labute approximate surface area is 105 Å². The van der Waals surface area contributed by atoms with Crippen molar-refractivity contribution in [3.8, 4) is 0 Å². The zero-order valence-corrected chi connectivity index (χ0v) is 11.2. The molecule has 0 aromatic carbocycles. The maximum atomic E-state index is 11.0. The zero-order valence-electron chi connectivity index (χ0n) is 11.2. The van der Waals surface area contributed by atoms with Gasteiger partial charge in [0.05, 0.1) is 5.54 Å². The molecule has 0 bridgehead atoms. The second-order valence-electron chi connectivity index (χ2n) is 5.66. The van der Waals surface area contributed by atoms with Crippen molar-refractivity contribution in [3.63, 3.8) is 0 Å². The molecular formula is C13H27N3O. The lowest BCUT2D eigenvalue weighted by atomic mass is 9.95. The molecule has 17 heavy (non-hydrogen) atoms. The number of carbonyl (C=O) groups is 1. The first kappa shape index (κ1) is 14.5. The fraction of sp³-hybridized carbons (Fsp3) is 0.923. The lowest BCUT2D eigenvalue weighted by Gasteiger charge is -2.25. The summed E-state index contributed by atoms with van der Waals surface area (Å²) < 4.78 is 0. The summed E-state index contributed by atoms with van der Waals surface area (Å²) in [5, 5.41) is 0. The molecule has 0 heterocycles. The summed E-state index contributed by atoms with van der Waals surface area (Å²) in [6, 6.07) is 0.774. The third-order valence-electron chi connectivity index (χ3n) is 3.97. The number of nitrogens with two attached hydrogens (primary N) is 2. The van der Waals surface area contributed by atoms with Crippen LogP contribution in [0, 0.1) is 0 Å². The summed E-state index contributed by atoms with van der Waals surface area (Å²) in [7, 11) is 2.20. The predicted octanol–water partition coefficient (Wildman–Crippen LogP) is 1.23. The normalized spacial score (nSPS) is 20.7. The monoisotopic (exact) mass is 241 g/mol. The lowest BCUT2D eigenvalue weighted by Crippen LogP contribution is -2.49. The standard InChI is InChI=1S/C13H27N3O/c1-13(15,12(14)17)9-5-6-10-16(2)11-7-3-4-8-11/h11H,3-10,15H2,1-2H3,(H2,14,17). The van der Waals surface area contributed by atoms with E-state index in [0.29, 0.717) is 6.42 Å². The summed E-state index contributed by atoms with van der Waals surface area (Å²) in [5.41, 5.74) is 10.2. The number of hydrogen-bond donors (Lipinski definition) is 2. The van der Waals surface area contributed by atoms with E-state index in [9.17, 15) is 4.79 Å². The van der Waals surface area contributed by atoms with Crippen LogP contribution in [0.3, 0.4) is 0 Å². The highest BCUT2D eigenvalue weighted by molar-refractivity contribution is 5.83. The van der Waals surface area contributed by atoms with Crippen molar-refractivity contribution in [1.82, 2.24) is 4.90 Å². The molecule has 1 rings (SSSR count). The summed E-state index contributed by atoms with van der Waals surface area (Å²) in [6.07, 6.45) is 8.16. The number of hydrogen-bond acceptors (Lipinski definition) is 3. The van der Waals surface area contributed by atoms with Crippen LogP contribution >= 0.6 is 0 Å². The Bertz CT molecular complexity index is 247. The van der Waals surface area contributed by atoms with Crippen LogP contribution in [0.4, 0.5) is 0 Å². The number of unbranched alkanes of at least 4 members (excludes halogenated alkanes) is 1. The molecule has 0 aliphatic heterocycles. The molecule has 4 heteroatoms. The van der Waals surface area contributed by atoms with Crippen molar-refractivity contribution in [2.24, 2.45) is 11.5 Å². The Balaban J connectivity index is 2.13. The van der Waals surface area contributed by atoms with Gasteiger partial charge in [-0.15, -0.1) is 0 Å². The second kappa shape index (κ2) is 6.36. The van der Waals surface area contributed by atoms with E-state index >= 15 is 0 Å². The minimum Gasteiger partial charge on any atom is -0.368 e. The van der Waals surface area contributed by atoms with E-state index in [2.05, 4.69) is 11.9 Å². The van der Waals surface area contributed by atoms with Gasteiger partial charge in [0.1, 0.15) is 0 Å². The lowest BCUT2D eigenvalue weighted by molar-refractivity contribution is -0.122. The van der Waals surface area contributed by atoms with Crippen molar-refractivity contribution >= 4 is 5.91 Å². The second-order valence-corrected chi connectivity index (χ2v) is 5.66. The Morgan fingerprint density at radius 2 is 1.94 bits per heavy atom. The van der Waals surface area contributed by atoms with Gasteiger partial charge in [-0.3, -0.25) is 4.79 Å². The fourth-order valence-electron chi connectivity index (χ4n) is 2.50. The zero-order chi connectivity index (χ0) is 12.9. The van der Waals surface area contributed by atoms with Crippen molar-refractivity contribution in [1.29, 1.82) is 0 Å². The van der Waals surface area contributed by atoms with Crippen LogP contribution in [0.25, 0.3) is 0 Å². The van der Waals surface area contributed by atoms with E-state index in [1.165, 1.54) is 25.7 Å². The molecule has 1 unspecified atom stereocenters. The van der Waals surface area contributed by atoms with Crippen molar-refractivity contribution in [2.75, 3.05) is 13.6 Å². The first-order chi connectivity index (χ1) is 7.93. The van der Waals surface area contributed by atoms with Gasteiger partial charge in [-0.1, -0.05) is 12.8 Å². The maximum absolute atomic E-state index is 11.0. The topological polar surface area (TPSA) is 72.3 Å². The number of rotatable bonds is 7. The fourth-order valence-corrected chi connectivity index (χ4v) is 2.50. The summed E-state index contributed by atoms with van der Waals surface area (Å²) >= 11 is 0. The molecule has 0 spiro atoms. The van der Waals surface area contributed by atoms with Gasteiger partial charge < -0.3 is 16.4 Å². The van der Waals surface area contributed by atoms with Gasteiger partial charge >= 0.3 is 0 Å². The largest absolute Gasteiger partial charge is 0.368 e. The van der Waals surface area contributed by atoms with Gasteiger partial charge in [0.2, 0.25) is 5.91 Å². The van der Waals surface area contributed by atoms with Crippen LogP contribution in [0.1, 0.15) is 51.9 Å². The maximum Gasteiger partial charge on any atom is 0.237 e. The van der Waals surface area contributed by atoms with Crippen LogP contribution in [0.15, 0.2) is 0 Å². The molecular weight excluding hydrogens is 214 g/mol. The number of primary amides is 1. The minimum absolute atomic E-state index is 0.401. The highest BCUT2D eigenvalue weighted by atomic mass is 16.1. The third-order valence-corrected chi connectivity index (χ3v) is 3.97. The van der Waals surface area contributed by atoms with Crippen molar-refractivity contribution in [2.45, 2.75) is 63.5 Å². The molecule has 100 valence electrons. The van der Waals surface area contributed by atoms with Crippen molar-refractivity contribution < 1.29 is 4.79 Å². The summed E-state index contributed by atoms with van der Waals surface area (Å²) in [6.45, 7) is 2.82. The molecule has 1 aliphatic carbocycles. The minimum atomic E-state index is -0.841. The molecule has 1 aliphatic rings. The number of nitrogens with zero attached hydrogens (tertiary/aromatic N) is 1. The molecule has 0 aromatic rings. The van der Waals surface area contributed by atoms with E-state index < -0.39 is 11.4 Å². The molecule has 4 nitrogen and oxygen atoms in total. The van der Waals surface area contributed by atoms with E-state index in [1.54, 1.807) is 6.92 Å². The predicted molar refractivity (Wildman–Crippen MR) is 70.5 cm³/mol. The van der Waals surface area contributed by atoms with Gasteiger partial charge in [0, 0.05) is 6.04 Å². The highest BCUT2D eigenvalue weighted by Crippen LogP contribution is 2.22. The molecule has 0 aromatic heterocycles. The molecule has 0 radical (unpaired) electrons. The molecule has 1 saturated carbocycles. The highest BCUT2D eigenvalue weighted by Gasteiger charge is 2.25. The van der Waals surface area contributed by atoms with Gasteiger partial charge in [-0.2, -0.15) is 0 Å². The van der Waals surface area contributed by atoms with Gasteiger partial charge in [0.15, 0.2) is 0 Å². The smallest absolute Gasteiger partial charge is 0.237 e. The average molecular weight is 241 g/mol. The molecule has 4 N–H and O–H groups in total. The molecule has 1 atom stereocenters. The van der Waals surface area contributed by atoms with E-state index in [0.717, 1.165) is 25.4 Å². The Morgan fingerprint density at radius 3 is 2.47 bits per heavy atom. The van der Waals surface area contributed by atoms with Gasteiger partial charge in [-0.05, 0) is 52.6 Å². The van der Waals surface area contributed by atoms with Crippen LogP contribution in [-0.2, 0) is 4.79 Å². The molecule has 0 saturated heterocycles. The average Bonchev–Trinajstić information content (AvgIpc) is 2.77. The van der Waals surface area contributed by atoms with Crippen LogP contribution in [-0.4, -0.2) is 36.0 Å². The van der Waals surface area contributed by atoms with Crippen LogP contribution < -0.4 is 11.5 Å². The number of amides is 1. The Kier molecular flexibility index (Phi) is 5.40. The number of carbonyl (C=O) groups excluding carboxylic acids is 1. The van der Waals surface area contributed by atoms with E-state index in [4.69, 9.17) is 11.5 Å². The molecule has 1 fully saturated rings. The van der Waals surface area contributed by atoms with Crippen molar-refractivity contribution in [3.05, 3.63) is 0 Å². The quantitative estimate of drug-likeness (QED) is 0.659. The van der Waals surface area contributed by atoms with Crippen LogP contribution in [0.2, 0.25) is 0 Å². The van der Waals surface area contributed by atoms with E-state index in [1.807, 2.05) is 0 Å². The summed E-state index contributed by atoms with van der Waals surface area (Å²) in [4.78, 5) is 13.5. The Morgan fingerprint density at radius 1 is 1.35 bits per heavy atom. The first-order valence-electron chi connectivity index (χ1n) is 6.72. The van der Waals surface area contributed by atoms with Gasteiger partial charge in [-0.25, -0.2) is 0 Å². The third kappa shape index (κ3) is 4.64. The SMILES string of the molecule is CN(CCCCC(C)(N)C(N)=O)C1CCCC1. The molecule has 1 amide bonds. The van der Waals surface area contributed by atoms with E-state index in [-0.39, 0.29) is 0 Å². The van der Waals surface area contributed by atoms with Crippen LogP contribution in [0.5, 0.6) is 0 Å². The first-order valence-corrected chi connectivity index (χ1v) is 6.72. The summed E-state index contributed by atoms with van der Waals surface area (Å²) in [5.74, 6) is -0.401. The van der Waals surface area contributed by atoms with Gasteiger partial charge in [0.25, 0.3) is 0 Å².